The summed E-state index contributed by atoms with van der Waals surface area (Å²) in [6.07, 6.45) is 8.57. The molecule has 3 rings (SSSR count). The largest absolute Gasteiger partial charge is 0.0996 e. The second-order valence-electron chi connectivity index (χ2n) is 7.14. The lowest BCUT2D eigenvalue weighted by atomic mass is 9.59. The van der Waals surface area contributed by atoms with Crippen LogP contribution in [-0.4, -0.2) is 0 Å². The summed E-state index contributed by atoms with van der Waals surface area (Å²) in [4.78, 5) is 0. The van der Waals surface area contributed by atoms with Gasteiger partial charge in [-0.25, -0.2) is 0 Å². The summed E-state index contributed by atoms with van der Waals surface area (Å²) in [5.41, 5.74) is 3.42. The molecule has 3 saturated carbocycles. The van der Waals surface area contributed by atoms with Crippen molar-refractivity contribution in [2.45, 2.75) is 59.3 Å². The van der Waals surface area contributed by atoms with Crippen LogP contribution in [0.5, 0.6) is 0 Å². The molecule has 84 valence electrons. The zero-order valence-corrected chi connectivity index (χ0v) is 10.5. The van der Waals surface area contributed by atoms with Gasteiger partial charge in [-0.05, 0) is 54.3 Å². The lowest BCUT2D eigenvalue weighted by molar-refractivity contribution is 0.0318. The monoisotopic (exact) mass is 204 g/mol. The second-order valence-corrected chi connectivity index (χ2v) is 7.14. The normalized spacial score (nSPS) is 51.9. The maximum absolute atomic E-state index is 4.27. The quantitative estimate of drug-likeness (QED) is 0.549. The molecule has 0 aromatic rings. The molecule has 0 heterocycles. The molecule has 3 atom stereocenters. The average molecular weight is 204 g/mol. The first kappa shape index (κ1) is 9.93. The highest BCUT2D eigenvalue weighted by Crippen LogP contribution is 2.79. The van der Waals surface area contributed by atoms with Crippen molar-refractivity contribution in [3.05, 3.63) is 12.2 Å². The molecule has 0 aliphatic heterocycles. The standard InChI is InChI=1S/C15H24/c1-11-6-9-15(10-12(11)15)14(4)8-5-7-13(14,2)3/h12H,1,5-10H2,2-4H3/t12-,14+,15+/m1/s1. The van der Waals surface area contributed by atoms with Gasteiger partial charge in [-0.3, -0.25) is 0 Å². The smallest absolute Gasteiger partial charge is 0.0138 e. The van der Waals surface area contributed by atoms with Gasteiger partial charge in [-0.1, -0.05) is 39.3 Å². The van der Waals surface area contributed by atoms with Crippen molar-refractivity contribution < 1.29 is 0 Å². The van der Waals surface area contributed by atoms with Crippen molar-refractivity contribution in [2.75, 3.05) is 0 Å². The molecule has 0 aromatic carbocycles. The minimum absolute atomic E-state index is 0.562. The predicted molar refractivity (Wildman–Crippen MR) is 64.7 cm³/mol. The number of fused-ring (bicyclic) bond motifs is 1. The van der Waals surface area contributed by atoms with Gasteiger partial charge in [0.1, 0.15) is 0 Å². The van der Waals surface area contributed by atoms with Gasteiger partial charge in [0.05, 0.1) is 0 Å². The first-order valence-electron chi connectivity index (χ1n) is 6.61. The number of allylic oxidation sites excluding steroid dienone is 1. The van der Waals surface area contributed by atoms with E-state index in [-0.39, 0.29) is 0 Å². The van der Waals surface area contributed by atoms with E-state index in [0.717, 1.165) is 5.92 Å². The summed E-state index contributed by atoms with van der Waals surface area (Å²) in [7, 11) is 0. The van der Waals surface area contributed by atoms with Gasteiger partial charge in [-0.15, -0.1) is 0 Å². The predicted octanol–water partition coefficient (Wildman–Crippen LogP) is 4.56. The van der Waals surface area contributed by atoms with Crippen LogP contribution in [-0.2, 0) is 0 Å². The van der Waals surface area contributed by atoms with Crippen molar-refractivity contribution >= 4 is 0 Å². The maximum Gasteiger partial charge on any atom is -0.0138 e. The Hall–Kier alpha value is -0.260. The third kappa shape index (κ3) is 0.946. The second kappa shape index (κ2) is 2.52. The molecule has 0 spiro atoms. The van der Waals surface area contributed by atoms with E-state index in [4.69, 9.17) is 0 Å². The fraction of sp³-hybridized carbons (Fsp3) is 0.867. The van der Waals surface area contributed by atoms with Crippen LogP contribution in [0.1, 0.15) is 59.3 Å². The van der Waals surface area contributed by atoms with Crippen LogP contribution in [0.25, 0.3) is 0 Å². The Morgan fingerprint density at radius 2 is 1.87 bits per heavy atom. The Balaban J connectivity index is 1.98. The van der Waals surface area contributed by atoms with Crippen LogP contribution in [0.2, 0.25) is 0 Å². The molecular formula is C15H24. The Morgan fingerprint density at radius 1 is 1.13 bits per heavy atom. The van der Waals surface area contributed by atoms with E-state index in [2.05, 4.69) is 27.4 Å². The minimum atomic E-state index is 0.562. The first-order chi connectivity index (χ1) is 6.93. The SMILES string of the molecule is C=C1CC[C@]2([C@@]3(C)CCCC3(C)C)C[C@H]12. The van der Waals surface area contributed by atoms with Gasteiger partial charge < -0.3 is 0 Å². The molecule has 0 aromatic heterocycles. The van der Waals surface area contributed by atoms with Crippen LogP contribution in [0, 0.1) is 22.2 Å². The molecule has 0 N–H and O–H groups in total. The lowest BCUT2D eigenvalue weighted by Crippen LogP contribution is -2.38. The van der Waals surface area contributed by atoms with Gasteiger partial charge in [0.25, 0.3) is 0 Å². The molecule has 0 saturated heterocycles. The van der Waals surface area contributed by atoms with E-state index in [0.29, 0.717) is 16.2 Å². The van der Waals surface area contributed by atoms with Crippen LogP contribution >= 0.6 is 0 Å². The molecule has 0 unspecified atom stereocenters. The topological polar surface area (TPSA) is 0 Å². The van der Waals surface area contributed by atoms with Crippen LogP contribution < -0.4 is 0 Å². The van der Waals surface area contributed by atoms with E-state index in [1.165, 1.54) is 38.5 Å². The van der Waals surface area contributed by atoms with E-state index < -0.39 is 0 Å². The molecule has 3 fully saturated rings. The number of hydrogen-bond acceptors (Lipinski definition) is 0. The Kier molecular flexibility index (Phi) is 1.67. The average Bonchev–Trinajstić information content (AvgIpc) is 2.73. The Labute approximate surface area is 94.1 Å². The van der Waals surface area contributed by atoms with Crippen molar-refractivity contribution in [2.24, 2.45) is 22.2 Å². The molecule has 0 nitrogen and oxygen atoms in total. The first-order valence-corrected chi connectivity index (χ1v) is 6.61. The van der Waals surface area contributed by atoms with Gasteiger partial charge >= 0.3 is 0 Å². The van der Waals surface area contributed by atoms with E-state index >= 15 is 0 Å². The maximum atomic E-state index is 4.27. The van der Waals surface area contributed by atoms with Gasteiger partial charge in [0.15, 0.2) is 0 Å². The fourth-order valence-electron chi connectivity index (χ4n) is 4.98. The fourth-order valence-corrected chi connectivity index (χ4v) is 4.98. The van der Waals surface area contributed by atoms with Crippen molar-refractivity contribution in [1.29, 1.82) is 0 Å². The van der Waals surface area contributed by atoms with E-state index in [1.807, 2.05) is 0 Å². The van der Waals surface area contributed by atoms with E-state index in [1.54, 1.807) is 5.57 Å². The third-order valence-electron chi connectivity index (χ3n) is 6.53. The third-order valence-corrected chi connectivity index (χ3v) is 6.53. The van der Waals surface area contributed by atoms with Crippen LogP contribution in [0.4, 0.5) is 0 Å². The van der Waals surface area contributed by atoms with Gasteiger partial charge in [0, 0.05) is 0 Å². The summed E-state index contributed by atoms with van der Waals surface area (Å²) in [5, 5.41) is 0. The summed E-state index contributed by atoms with van der Waals surface area (Å²) < 4.78 is 0. The minimum Gasteiger partial charge on any atom is -0.0996 e. The molecule has 0 bridgehead atoms. The highest BCUT2D eigenvalue weighted by Gasteiger charge is 2.71. The zero-order chi connectivity index (χ0) is 10.9. The Bertz CT molecular complexity index is 325. The van der Waals surface area contributed by atoms with Crippen molar-refractivity contribution in [3.8, 4) is 0 Å². The Morgan fingerprint density at radius 3 is 2.27 bits per heavy atom. The summed E-state index contributed by atoms with van der Waals surface area (Å²) in [6.45, 7) is 11.9. The van der Waals surface area contributed by atoms with Crippen molar-refractivity contribution in [3.63, 3.8) is 0 Å². The molecular weight excluding hydrogens is 180 g/mol. The van der Waals surface area contributed by atoms with Crippen LogP contribution in [0.3, 0.4) is 0 Å². The molecule has 3 aliphatic rings. The molecule has 15 heavy (non-hydrogen) atoms. The highest BCUT2D eigenvalue weighted by atomic mass is 14.7. The number of rotatable bonds is 1. The van der Waals surface area contributed by atoms with Gasteiger partial charge in [-0.2, -0.15) is 0 Å². The van der Waals surface area contributed by atoms with Crippen LogP contribution in [0.15, 0.2) is 12.2 Å². The molecule has 0 radical (unpaired) electrons. The summed E-state index contributed by atoms with van der Waals surface area (Å²) >= 11 is 0. The van der Waals surface area contributed by atoms with E-state index in [9.17, 15) is 0 Å². The molecule has 3 aliphatic carbocycles. The lowest BCUT2D eigenvalue weighted by Gasteiger charge is -2.45. The van der Waals surface area contributed by atoms with Gasteiger partial charge in [0.2, 0.25) is 0 Å². The van der Waals surface area contributed by atoms with Crippen molar-refractivity contribution in [1.82, 2.24) is 0 Å². The molecule has 0 heteroatoms. The summed E-state index contributed by atoms with van der Waals surface area (Å²) in [6, 6.07) is 0. The summed E-state index contributed by atoms with van der Waals surface area (Å²) in [5.74, 6) is 0.903. The zero-order valence-electron chi connectivity index (χ0n) is 10.5. The highest BCUT2D eigenvalue weighted by molar-refractivity contribution is 5.31. The number of hydrogen-bond donors (Lipinski definition) is 0. The molecule has 0 amide bonds.